The van der Waals surface area contributed by atoms with Crippen molar-refractivity contribution in [2.75, 3.05) is 26.1 Å². The molecule has 0 amide bonds. The number of hydrogen-bond donors (Lipinski definition) is 1. The second kappa shape index (κ2) is 5.40. The van der Waals surface area contributed by atoms with Crippen LogP contribution in [0.15, 0.2) is 12.1 Å². The molecule has 0 heterocycles. The molecule has 0 unspecified atom stereocenters. The lowest BCUT2D eigenvalue weighted by Crippen LogP contribution is -2.35. The normalized spacial score (nSPS) is 16.1. The van der Waals surface area contributed by atoms with E-state index in [0.717, 1.165) is 42.0 Å². The SMILES string of the molecule is COc1cc(NCC2(C#N)CCC2)c(OC)cc1C. The number of methoxy groups -OCH3 is 2. The predicted octanol–water partition coefficient (Wildman–Crippen LogP) is 3.12. The maximum Gasteiger partial charge on any atom is 0.142 e. The summed E-state index contributed by atoms with van der Waals surface area (Å²) in [6.45, 7) is 2.64. The Bertz CT molecular complexity index is 502. The maximum absolute atomic E-state index is 9.24. The molecule has 0 spiro atoms. The summed E-state index contributed by atoms with van der Waals surface area (Å²) in [5.41, 5.74) is 1.71. The van der Waals surface area contributed by atoms with Gasteiger partial charge in [-0.3, -0.25) is 0 Å². The Morgan fingerprint density at radius 2 is 1.95 bits per heavy atom. The van der Waals surface area contributed by atoms with Crippen molar-refractivity contribution >= 4 is 5.69 Å². The average Bonchev–Trinajstić information content (AvgIpc) is 2.38. The van der Waals surface area contributed by atoms with Crippen LogP contribution in [-0.4, -0.2) is 20.8 Å². The average molecular weight is 260 g/mol. The number of aryl methyl sites for hydroxylation is 1. The first-order valence-electron chi connectivity index (χ1n) is 6.52. The minimum Gasteiger partial charge on any atom is -0.496 e. The van der Waals surface area contributed by atoms with E-state index in [1.54, 1.807) is 14.2 Å². The fraction of sp³-hybridized carbons (Fsp3) is 0.533. The van der Waals surface area contributed by atoms with Gasteiger partial charge in [0, 0.05) is 12.6 Å². The van der Waals surface area contributed by atoms with Gasteiger partial charge >= 0.3 is 0 Å². The fourth-order valence-electron chi connectivity index (χ4n) is 2.38. The summed E-state index contributed by atoms with van der Waals surface area (Å²) >= 11 is 0. The van der Waals surface area contributed by atoms with E-state index in [9.17, 15) is 5.26 Å². The van der Waals surface area contributed by atoms with Crippen molar-refractivity contribution in [2.24, 2.45) is 5.41 Å². The molecule has 1 aliphatic carbocycles. The van der Waals surface area contributed by atoms with Crippen molar-refractivity contribution < 1.29 is 9.47 Å². The number of nitrogens with one attached hydrogen (secondary N) is 1. The van der Waals surface area contributed by atoms with Crippen LogP contribution in [0.25, 0.3) is 0 Å². The third-order valence-corrected chi connectivity index (χ3v) is 3.88. The van der Waals surface area contributed by atoms with Crippen molar-refractivity contribution in [3.63, 3.8) is 0 Å². The number of nitriles is 1. The van der Waals surface area contributed by atoms with Gasteiger partial charge in [-0.05, 0) is 31.4 Å². The Morgan fingerprint density at radius 1 is 1.26 bits per heavy atom. The Balaban J connectivity index is 2.17. The van der Waals surface area contributed by atoms with Crippen LogP contribution in [0.4, 0.5) is 5.69 Å². The number of ether oxygens (including phenoxy) is 2. The highest BCUT2D eigenvalue weighted by Crippen LogP contribution is 2.41. The highest BCUT2D eigenvalue weighted by atomic mass is 16.5. The van der Waals surface area contributed by atoms with Crippen LogP contribution >= 0.6 is 0 Å². The Kier molecular flexibility index (Phi) is 3.84. The van der Waals surface area contributed by atoms with Gasteiger partial charge in [0.25, 0.3) is 0 Å². The standard InChI is InChI=1S/C15H20N2O2/c1-11-7-14(19-3)12(8-13(11)18-2)17-10-15(9-16)5-4-6-15/h7-8,17H,4-6,10H2,1-3H3. The van der Waals surface area contributed by atoms with E-state index < -0.39 is 0 Å². The van der Waals surface area contributed by atoms with E-state index in [0.29, 0.717) is 6.54 Å². The van der Waals surface area contributed by atoms with Crippen LogP contribution in [0.5, 0.6) is 11.5 Å². The van der Waals surface area contributed by atoms with Crippen LogP contribution in [0, 0.1) is 23.7 Å². The molecule has 0 radical (unpaired) electrons. The zero-order valence-corrected chi connectivity index (χ0v) is 11.7. The van der Waals surface area contributed by atoms with Gasteiger partial charge in [-0.15, -0.1) is 0 Å². The molecule has 2 rings (SSSR count). The quantitative estimate of drug-likeness (QED) is 0.883. The van der Waals surface area contributed by atoms with E-state index in [4.69, 9.17) is 9.47 Å². The van der Waals surface area contributed by atoms with E-state index in [1.807, 2.05) is 19.1 Å². The second-order valence-corrected chi connectivity index (χ2v) is 5.12. The summed E-state index contributed by atoms with van der Waals surface area (Å²) < 4.78 is 10.7. The summed E-state index contributed by atoms with van der Waals surface area (Å²) in [6, 6.07) is 6.30. The Morgan fingerprint density at radius 3 is 2.42 bits per heavy atom. The molecule has 1 aliphatic rings. The van der Waals surface area contributed by atoms with Crippen LogP contribution in [0.2, 0.25) is 0 Å². The smallest absolute Gasteiger partial charge is 0.142 e. The molecule has 1 aromatic carbocycles. The van der Waals surface area contributed by atoms with Gasteiger partial charge < -0.3 is 14.8 Å². The molecular weight excluding hydrogens is 240 g/mol. The van der Waals surface area contributed by atoms with E-state index in [2.05, 4.69) is 11.4 Å². The lowest BCUT2D eigenvalue weighted by molar-refractivity contribution is 0.233. The van der Waals surface area contributed by atoms with E-state index in [1.165, 1.54) is 0 Å². The van der Waals surface area contributed by atoms with E-state index in [-0.39, 0.29) is 5.41 Å². The molecule has 0 bridgehead atoms. The van der Waals surface area contributed by atoms with Crippen molar-refractivity contribution in [3.05, 3.63) is 17.7 Å². The zero-order chi connectivity index (χ0) is 13.9. The van der Waals surface area contributed by atoms with Crippen LogP contribution in [0.3, 0.4) is 0 Å². The van der Waals surface area contributed by atoms with Gasteiger partial charge in [0.05, 0.1) is 31.4 Å². The second-order valence-electron chi connectivity index (χ2n) is 5.12. The summed E-state index contributed by atoms with van der Waals surface area (Å²) in [6.07, 6.45) is 3.09. The number of hydrogen-bond acceptors (Lipinski definition) is 4. The van der Waals surface area contributed by atoms with Gasteiger partial charge in [-0.1, -0.05) is 6.42 Å². The molecule has 0 atom stereocenters. The molecule has 4 heteroatoms. The first-order chi connectivity index (χ1) is 9.14. The molecule has 19 heavy (non-hydrogen) atoms. The molecule has 1 N–H and O–H groups in total. The lowest BCUT2D eigenvalue weighted by atomic mass is 9.70. The monoisotopic (exact) mass is 260 g/mol. The summed E-state index contributed by atoms with van der Waals surface area (Å²) in [5, 5.41) is 12.6. The molecule has 1 fully saturated rings. The molecule has 4 nitrogen and oxygen atoms in total. The van der Waals surface area contributed by atoms with Gasteiger partial charge in [-0.25, -0.2) is 0 Å². The van der Waals surface area contributed by atoms with Crippen LogP contribution < -0.4 is 14.8 Å². The van der Waals surface area contributed by atoms with Crippen molar-refractivity contribution in [1.29, 1.82) is 5.26 Å². The first-order valence-corrected chi connectivity index (χ1v) is 6.52. The molecule has 0 saturated heterocycles. The largest absolute Gasteiger partial charge is 0.496 e. The number of benzene rings is 1. The van der Waals surface area contributed by atoms with Crippen LogP contribution in [0.1, 0.15) is 24.8 Å². The van der Waals surface area contributed by atoms with Gasteiger partial charge in [-0.2, -0.15) is 5.26 Å². The van der Waals surface area contributed by atoms with Gasteiger partial charge in [0.2, 0.25) is 0 Å². The Hall–Kier alpha value is -1.89. The molecule has 102 valence electrons. The fourth-order valence-corrected chi connectivity index (χ4v) is 2.38. The highest BCUT2D eigenvalue weighted by molar-refractivity contribution is 5.62. The lowest BCUT2D eigenvalue weighted by Gasteiger charge is -2.35. The van der Waals surface area contributed by atoms with Gasteiger partial charge in [0.15, 0.2) is 0 Å². The highest BCUT2D eigenvalue weighted by Gasteiger charge is 2.37. The Labute approximate surface area is 114 Å². The number of anilines is 1. The van der Waals surface area contributed by atoms with Crippen molar-refractivity contribution in [2.45, 2.75) is 26.2 Å². The molecular formula is C15H20N2O2. The number of rotatable bonds is 5. The zero-order valence-electron chi connectivity index (χ0n) is 11.7. The summed E-state index contributed by atoms with van der Waals surface area (Å²) in [7, 11) is 3.30. The maximum atomic E-state index is 9.24. The third-order valence-electron chi connectivity index (χ3n) is 3.88. The van der Waals surface area contributed by atoms with E-state index >= 15 is 0 Å². The van der Waals surface area contributed by atoms with Gasteiger partial charge in [0.1, 0.15) is 11.5 Å². The van der Waals surface area contributed by atoms with Crippen LogP contribution in [-0.2, 0) is 0 Å². The molecule has 1 saturated carbocycles. The van der Waals surface area contributed by atoms with Crippen molar-refractivity contribution in [1.82, 2.24) is 0 Å². The third kappa shape index (κ3) is 2.60. The summed E-state index contributed by atoms with van der Waals surface area (Å²) in [4.78, 5) is 0. The first kappa shape index (κ1) is 13.5. The van der Waals surface area contributed by atoms with Crippen molar-refractivity contribution in [3.8, 4) is 17.6 Å². The predicted molar refractivity (Wildman–Crippen MR) is 74.7 cm³/mol. The number of nitrogens with zero attached hydrogens (tertiary/aromatic N) is 1. The minimum absolute atomic E-state index is 0.205. The topological polar surface area (TPSA) is 54.3 Å². The molecule has 0 aromatic heterocycles. The molecule has 0 aliphatic heterocycles. The minimum atomic E-state index is -0.205. The summed E-state index contributed by atoms with van der Waals surface area (Å²) in [5.74, 6) is 1.61. The molecule has 1 aromatic rings.